The van der Waals surface area contributed by atoms with Crippen LogP contribution in [0.4, 0.5) is 4.39 Å². The molecule has 0 bridgehead atoms. The highest BCUT2D eigenvalue weighted by molar-refractivity contribution is 7.91. The minimum Gasteiger partial charge on any atom is -0.387 e. The fraction of sp³-hybridized carbons (Fsp3) is 0.375. The van der Waals surface area contributed by atoms with E-state index in [4.69, 9.17) is 11.6 Å². The second kappa shape index (κ2) is 7.69. The molecule has 25 heavy (non-hydrogen) atoms. The number of benzene rings is 1. The molecule has 2 heterocycles. The number of nitrogens with zero attached hydrogens (tertiary/aromatic N) is 2. The summed E-state index contributed by atoms with van der Waals surface area (Å²) in [7, 11) is -3.51. The van der Waals surface area contributed by atoms with Gasteiger partial charge in [0.15, 0.2) is 0 Å². The lowest BCUT2D eigenvalue weighted by atomic mass is 10.1. The van der Waals surface area contributed by atoms with Gasteiger partial charge in [-0.3, -0.25) is 4.90 Å². The van der Waals surface area contributed by atoms with Gasteiger partial charge in [-0.2, -0.15) is 4.31 Å². The Labute approximate surface area is 155 Å². The summed E-state index contributed by atoms with van der Waals surface area (Å²) >= 11 is 6.88. The molecule has 136 valence electrons. The fourth-order valence-corrected chi connectivity index (χ4v) is 5.81. The topological polar surface area (TPSA) is 60.9 Å². The Bertz CT molecular complexity index is 818. The third-order valence-corrected chi connectivity index (χ3v) is 7.76. The molecule has 1 aromatic carbocycles. The van der Waals surface area contributed by atoms with Crippen LogP contribution < -0.4 is 0 Å². The minimum absolute atomic E-state index is 0.247. The number of aliphatic hydroxyl groups excluding tert-OH is 1. The average Bonchev–Trinajstić information content (AvgIpc) is 3.03. The first-order valence-corrected chi connectivity index (χ1v) is 10.4. The zero-order chi connectivity index (χ0) is 18.0. The van der Waals surface area contributed by atoms with Gasteiger partial charge in [-0.05, 0) is 29.8 Å². The molecule has 0 amide bonds. The third-order valence-electron chi connectivity index (χ3n) is 4.16. The summed E-state index contributed by atoms with van der Waals surface area (Å²) in [5.74, 6) is -0.344. The van der Waals surface area contributed by atoms with Crippen LogP contribution in [0.3, 0.4) is 0 Å². The van der Waals surface area contributed by atoms with Crippen LogP contribution in [-0.4, -0.2) is 55.5 Å². The number of hydrogen-bond donors (Lipinski definition) is 1. The summed E-state index contributed by atoms with van der Waals surface area (Å²) in [6.45, 7) is 2.14. The molecule has 1 atom stereocenters. The predicted octanol–water partition coefficient (Wildman–Crippen LogP) is 2.58. The minimum atomic E-state index is -3.51. The largest absolute Gasteiger partial charge is 0.387 e. The van der Waals surface area contributed by atoms with E-state index in [1.807, 2.05) is 4.90 Å². The van der Waals surface area contributed by atoms with E-state index in [1.54, 1.807) is 18.2 Å². The van der Waals surface area contributed by atoms with Gasteiger partial charge in [0.2, 0.25) is 0 Å². The fourth-order valence-electron chi connectivity index (χ4n) is 2.75. The zero-order valence-corrected chi connectivity index (χ0v) is 15.7. The molecule has 1 N–H and O–H groups in total. The quantitative estimate of drug-likeness (QED) is 0.832. The van der Waals surface area contributed by atoms with Gasteiger partial charge in [0, 0.05) is 32.7 Å². The molecular formula is C16H18ClFN2O3S2. The van der Waals surface area contributed by atoms with E-state index in [-0.39, 0.29) is 10.0 Å². The average molecular weight is 405 g/mol. The molecule has 1 saturated heterocycles. The summed E-state index contributed by atoms with van der Waals surface area (Å²) in [6, 6.07) is 8.84. The molecule has 1 aliphatic rings. The molecule has 5 nitrogen and oxygen atoms in total. The highest BCUT2D eigenvalue weighted by atomic mass is 35.5. The molecule has 0 radical (unpaired) electrons. The summed E-state index contributed by atoms with van der Waals surface area (Å²) in [5, 5.41) is 10.3. The molecule has 2 aromatic rings. The van der Waals surface area contributed by atoms with Crippen LogP contribution >= 0.6 is 22.9 Å². The van der Waals surface area contributed by atoms with Crippen molar-refractivity contribution in [2.75, 3.05) is 32.7 Å². The number of sulfonamides is 1. The van der Waals surface area contributed by atoms with Crippen molar-refractivity contribution in [1.82, 2.24) is 9.21 Å². The predicted molar refractivity (Wildman–Crippen MR) is 95.9 cm³/mol. The lowest BCUT2D eigenvalue weighted by molar-refractivity contribution is 0.0921. The maximum atomic E-state index is 12.9. The van der Waals surface area contributed by atoms with Crippen LogP contribution in [0.25, 0.3) is 0 Å². The molecule has 0 unspecified atom stereocenters. The van der Waals surface area contributed by atoms with Gasteiger partial charge in [0.1, 0.15) is 10.0 Å². The first-order chi connectivity index (χ1) is 11.9. The summed E-state index contributed by atoms with van der Waals surface area (Å²) in [4.78, 5) is 2.00. The van der Waals surface area contributed by atoms with Crippen molar-refractivity contribution in [1.29, 1.82) is 0 Å². The monoisotopic (exact) mass is 404 g/mol. The lowest BCUT2D eigenvalue weighted by Crippen LogP contribution is -2.49. The van der Waals surface area contributed by atoms with Crippen molar-refractivity contribution >= 4 is 33.0 Å². The highest BCUT2D eigenvalue weighted by Gasteiger charge is 2.30. The van der Waals surface area contributed by atoms with E-state index in [0.29, 0.717) is 42.6 Å². The van der Waals surface area contributed by atoms with Crippen LogP contribution in [-0.2, 0) is 10.0 Å². The Hall–Kier alpha value is -1.03. The number of rotatable bonds is 5. The van der Waals surface area contributed by atoms with Crippen molar-refractivity contribution in [2.24, 2.45) is 0 Å². The zero-order valence-electron chi connectivity index (χ0n) is 13.3. The summed E-state index contributed by atoms with van der Waals surface area (Å²) in [5.41, 5.74) is 0.643. The number of hydrogen-bond acceptors (Lipinski definition) is 5. The second-order valence-electron chi connectivity index (χ2n) is 5.83. The molecule has 3 rings (SSSR count). The Balaban J connectivity index is 1.57. The van der Waals surface area contributed by atoms with Gasteiger partial charge in [-0.1, -0.05) is 23.7 Å². The van der Waals surface area contributed by atoms with E-state index in [0.717, 1.165) is 11.3 Å². The number of thiophene rings is 1. The van der Waals surface area contributed by atoms with Gasteiger partial charge < -0.3 is 5.11 Å². The van der Waals surface area contributed by atoms with E-state index < -0.39 is 16.1 Å². The molecule has 1 aliphatic heterocycles. The number of halogens is 2. The lowest BCUT2D eigenvalue weighted by Gasteiger charge is -2.34. The maximum Gasteiger partial charge on any atom is 0.252 e. The molecular weight excluding hydrogens is 387 g/mol. The molecule has 0 aliphatic carbocycles. The van der Waals surface area contributed by atoms with Gasteiger partial charge in [-0.25, -0.2) is 12.8 Å². The number of β-amino-alcohol motifs (C(OH)–C–C–N with tert-alkyl or cyclic N) is 1. The van der Waals surface area contributed by atoms with Gasteiger partial charge in [0.25, 0.3) is 10.0 Å². The van der Waals surface area contributed by atoms with E-state index >= 15 is 0 Å². The van der Waals surface area contributed by atoms with Crippen molar-refractivity contribution in [3.63, 3.8) is 0 Å². The molecule has 9 heteroatoms. The molecule has 0 saturated carbocycles. The van der Waals surface area contributed by atoms with Gasteiger partial charge in [0.05, 0.1) is 10.4 Å². The molecule has 1 fully saturated rings. The standard InChI is InChI=1S/C16H18ClFN2O3S2/c17-15-5-6-16(24-15)25(22,23)20-9-7-19(8-10-20)11-14(21)12-1-3-13(18)4-2-12/h1-6,14,21H,7-11H2/t14-/m0/s1. The van der Waals surface area contributed by atoms with E-state index in [9.17, 15) is 17.9 Å². The number of aliphatic hydroxyl groups is 1. The van der Waals surface area contributed by atoms with Crippen LogP contribution in [0.2, 0.25) is 4.34 Å². The van der Waals surface area contributed by atoms with Crippen LogP contribution in [0, 0.1) is 5.82 Å². The smallest absolute Gasteiger partial charge is 0.252 e. The van der Waals surface area contributed by atoms with Gasteiger partial charge >= 0.3 is 0 Å². The van der Waals surface area contributed by atoms with Crippen molar-refractivity contribution in [3.05, 3.63) is 52.1 Å². The van der Waals surface area contributed by atoms with Crippen molar-refractivity contribution < 1.29 is 17.9 Å². The number of piperazine rings is 1. The first-order valence-electron chi connectivity index (χ1n) is 7.77. The van der Waals surface area contributed by atoms with E-state index in [2.05, 4.69) is 0 Å². The molecule has 0 spiro atoms. The second-order valence-corrected chi connectivity index (χ2v) is 9.71. The highest BCUT2D eigenvalue weighted by Crippen LogP contribution is 2.28. The van der Waals surface area contributed by atoms with Crippen molar-refractivity contribution in [3.8, 4) is 0 Å². The van der Waals surface area contributed by atoms with Crippen LogP contribution in [0.1, 0.15) is 11.7 Å². The summed E-state index contributed by atoms with van der Waals surface area (Å²) in [6.07, 6.45) is -0.736. The summed E-state index contributed by atoms with van der Waals surface area (Å²) < 4.78 is 40.2. The Kier molecular flexibility index (Phi) is 5.77. The SMILES string of the molecule is O=S(=O)(c1ccc(Cl)s1)N1CCN(C[C@H](O)c2ccc(F)cc2)CC1. The Morgan fingerprint density at radius 3 is 2.32 bits per heavy atom. The maximum absolute atomic E-state index is 12.9. The first kappa shape index (κ1) is 18.8. The third kappa shape index (κ3) is 4.39. The Morgan fingerprint density at radius 1 is 1.12 bits per heavy atom. The Morgan fingerprint density at radius 2 is 1.76 bits per heavy atom. The van der Waals surface area contributed by atoms with Crippen LogP contribution in [0.15, 0.2) is 40.6 Å². The normalized spacial score (nSPS) is 18.4. The van der Waals surface area contributed by atoms with Crippen LogP contribution in [0.5, 0.6) is 0 Å². The van der Waals surface area contributed by atoms with Gasteiger partial charge in [-0.15, -0.1) is 11.3 Å². The van der Waals surface area contributed by atoms with Crippen molar-refractivity contribution in [2.45, 2.75) is 10.3 Å². The molecule has 1 aromatic heterocycles. The van der Waals surface area contributed by atoms with E-state index in [1.165, 1.54) is 22.5 Å².